The molecular weight excluding hydrogens is 302 g/mol. The normalized spacial score (nSPS) is 13.3. The Morgan fingerprint density at radius 2 is 1.91 bits per heavy atom. The van der Waals surface area contributed by atoms with Crippen LogP contribution < -0.4 is 11.1 Å². The van der Waals surface area contributed by atoms with Crippen molar-refractivity contribution in [1.29, 1.82) is 0 Å². The molecule has 0 aliphatic carbocycles. The second-order valence-corrected chi connectivity index (χ2v) is 5.43. The van der Waals surface area contributed by atoms with Crippen LogP contribution in [0.2, 0.25) is 0 Å². The van der Waals surface area contributed by atoms with Crippen LogP contribution >= 0.6 is 12.4 Å². The number of nitrogens with zero attached hydrogens (tertiary/aromatic N) is 1. The molecule has 0 saturated heterocycles. The molecule has 0 spiro atoms. The maximum absolute atomic E-state index is 12.0. The van der Waals surface area contributed by atoms with Crippen molar-refractivity contribution in [3.05, 3.63) is 35.9 Å². The lowest BCUT2D eigenvalue weighted by molar-refractivity contribution is -0.125. The molecule has 2 atom stereocenters. The fourth-order valence-electron chi connectivity index (χ4n) is 1.88. The smallest absolute Gasteiger partial charge is 0.224 e. The molecule has 3 N–H and O–H groups in total. The monoisotopic (exact) mass is 329 g/mol. The van der Waals surface area contributed by atoms with Gasteiger partial charge in [-0.25, -0.2) is 0 Å². The van der Waals surface area contributed by atoms with E-state index in [1.807, 2.05) is 51.4 Å². The van der Waals surface area contributed by atoms with E-state index in [1.54, 1.807) is 0 Å². The zero-order valence-corrected chi connectivity index (χ0v) is 14.4. The molecule has 0 saturated carbocycles. The number of benzene rings is 1. The Bertz CT molecular complexity index is 415. The number of ether oxygens (including phenoxy) is 1. The lowest BCUT2D eigenvalue weighted by Crippen LogP contribution is -2.37. The summed E-state index contributed by atoms with van der Waals surface area (Å²) in [6.07, 6.45) is 0. The summed E-state index contributed by atoms with van der Waals surface area (Å²) in [4.78, 5) is 14.1. The Morgan fingerprint density at radius 3 is 2.50 bits per heavy atom. The van der Waals surface area contributed by atoms with Crippen LogP contribution in [-0.4, -0.2) is 51.2 Å². The Balaban J connectivity index is 0.00000441. The molecule has 6 heteroatoms. The Hall–Kier alpha value is -1.14. The number of nitrogens with one attached hydrogen (secondary N) is 1. The first-order chi connectivity index (χ1) is 10.0. The van der Waals surface area contributed by atoms with Gasteiger partial charge in [-0.3, -0.25) is 4.79 Å². The lowest BCUT2D eigenvalue weighted by Gasteiger charge is -2.20. The van der Waals surface area contributed by atoms with Gasteiger partial charge in [0.15, 0.2) is 0 Å². The molecule has 22 heavy (non-hydrogen) atoms. The average Bonchev–Trinajstić information content (AvgIpc) is 2.49. The minimum absolute atomic E-state index is 0. The van der Waals surface area contributed by atoms with E-state index in [0.717, 1.165) is 12.1 Å². The van der Waals surface area contributed by atoms with Crippen molar-refractivity contribution in [2.75, 3.05) is 40.4 Å². The molecular formula is C16H28ClN3O2. The number of nitrogens with two attached hydrogens (primary N) is 1. The highest BCUT2D eigenvalue weighted by Crippen LogP contribution is 2.18. The maximum Gasteiger partial charge on any atom is 0.224 e. The van der Waals surface area contributed by atoms with E-state index in [1.165, 1.54) is 0 Å². The summed E-state index contributed by atoms with van der Waals surface area (Å²) < 4.78 is 5.43. The van der Waals surface area contributed by atoms with Gasteiger partial charge in [-0.05, 0) is 19.7 Å². The number of hydrogen-bond acceptors (Lipinski definition) is 4. The van der Waals surface area contributed by atoms with Crippen molar-refractivity contribution >= 4 is 18.3 Å². The first-order valence-corrected chi connectivity index (χ1v) is 7.33. The van der Waals surface area contributed by atoms with E-state index in [-0.39, 0.29) is 30.3 Å². The molecule has 1 aromatic carbocycles. The van der Waals surface area contributed by atoms with Crippen molar-refractivity contribution < 1.29 is 9.53 Å². The molecule has 0 bridgehead atoms. The zero-order valence-electron chi connectivity index (χ0n) is 13.6. The Kier molecular flexibility index (Phi) is 10.8. The second kappa shape index (κ2) is 11.4. The Labute approximate surface area is 139 Å². The maximum atomic E-state index is 12.0. The van der Waals surface area contributed by atoms with Crippen LogP contribution in [0.5, 0.6) is 0 Å². The number of rotatable bonds is 9. The highest BCUT2D eigenvalue weighted by atomic mass is 35.5. The van der Waals surface area contributed by atoms with E-state index in [2.05, 4.69) is 10.2 Å². The zero-order chi connectivity index (χ0) is 15.7. The standard InChI is InChI=1S/C16H27N3O2.ClH/c1-13(15(17)14-7-5-4-6-8-14)16(20)18-9-11-21-12-10-19(2)3;/h4-8,13,15H,9-12,17H2,1-3H3,(H,18,20);1H. The third kappa shape index (κ3) is 7.75. The molecule has 1 aromatic rings. The van der Waals surface area contributed by atoms with Gasteiger partial charge in [-0.1, -0.05) is 37.3 Å². The quantitative estimate of drug-likeness (QED) is 0.673. The summed E-state index contributed by atoms with van der Waals surface area (Å²) in [5, 5.41) is 2.86. The summed E-state index contributed by atoms with van der Waals surface area (Å²) in [6.45, 7) is 4.43. The van der Waals surface area contributed by atoms with E-state index < -0.39 is 0 Å². The molecule has 1 rings (SSSR count). The summed E-state index contributed by atoms with van der Waals surface area (Å²) in [5.74, 6) is -0.309. The van der Waals surface area contributed by atoms with Gasteiger partial charge in [0.05, 0.1) is 19.1 Å². The first-order valence-electron chi connectivity index (χ1n) is 7.33. The molecule has 0 aliphatic rings. The highest BCUT2D eigenvalue weighted by molar-refractivity contribution is 5.85. The lowest BCUT2D eigenvalue weighted by atomic mass is 9.95. The fraction of sp³-hybridized carbons (Fsp3) is 0.562. The molecule has 0 fully saturated rings. The number of carbonyl (C=O) groups is 1. The third-order valence-corrected chi connectivity index (χ3v) is 3.37. The molecule has 2 unspecified atom stereocenters. The van der Waals surface area contributed by atoms with Crippen molar-refractivity contribution in [3.8, 4) is 0 Å². The van der Waals surface area contributed by atoms with Crippen molar-refractivity contribution in [1.82, 2.24) is 10.2 Å². The minimum atomic E-state index is -0.291. The minimum Gasteiger partial charge on any atom is -0.378 e. The van der Waals surface area contributed by atoms with Gasteiger partial charge in [0.25, 0.3) is 0 Å². The van der Waals surface area contributed by atoms with Crippen LogP contribution in [0.1, 0.15) is 18.5 Å². The van der Waals surface area contributed by atoms with Gasteiger partial charge in [0, 0.05) is 19.1 Å². The van der Waals surface area contributed by atoms with Gasteiger partial charge in [-0.2, -0.15) is 0 Å². The summed E-state index contributed by atoms with van der Waals surface area (Å²) in [7, 11) is 4.00. The molecule has 126 valence electrons. The van der Waals surface area contributed by atoms with Gasteiger partial charge in [0.1, 0.15) is 0 Å². The summed E-state index contributed by atoms with van der Waals surface area (Å²) in [6, 6.07) is 9.39. The van der Waals surface area contributed by atoms with Gasteiger partial charge < -0.3 is 20.7 Å². The van der Waals surface area contributed by atoms with Gasteiger partial charge in [0.2, 0.25) is 5.91 Å². The fourth-order valence-corrected chi connectivity index (χ4v) is 1.88. The predicted octanol–water partition coefficient (Wildman–Crippen LogP) is 1.44. The largest absolute Gasteiger partial charge is 0.378 e. The third-order valence-electron chi connectivity index (χ3n) is 3.37. The van der Waals surface area contributed by atoms with Crippen molar-refractivity contribution in [2.45, 2.75) is 13.0 Å². The van der Waals surface area contributed by atoms with Crippen LogP contribution in [0.3, 0.4) is 0 Å². The van der Waals surface area contributed by atoms with Crippen LogP contribution in [0.4, 0.5) is 0 Å². The molecule has 1 amide bonds. The van der Waals surface area contributed by atoms with Crippen LogP contribution in [-0.2, 0) is 9.53 Å². The van der Waals surface area contributed by atoms with E-state index >= 15 is 0 Å². The molecule has 0 heterocycles. The SMILES string of the molecule is CC(C(=O)NCCOCCN(C)C)C(N)c1ccccc1.Cl. The van der Waals surface area contributed by atoms with Crippen molar-refractivity contribution in [3.63, 3.8) is 0 Å². The number of halogens is 1. The number of carbonyl (C=O) groups excluding carboxylic acids is 1. The predicted molar refractivity (Wildman–Crippen MR) is 92.2 cm³/mol. The van der Waals surface area contributed by atoms with Crippen molar-refractivity contribution in [2.24, 2.45) is 11.7 Å². The van der Waals surface area contributed by atoms with Crippen LogP contribution in [0, 0.1) is 5.92 Å². The van der Waals surface area contributed by atoms with Gasteiger partial charge >= 0.3 is 0 Å². The number of amides is 1. The number of likely N-dealkylation sites (N-methyl/N-ethyl adjacent to an activating group) is 1. The van der Waals surface area contributed by atoms with Gasteiger partial charge in [-0.15, -0.1) is 12.4 Å². The second-order valence-electron chi connectivity index (χ2n) is 5.43. The molecule has 0 radical (unpaired) electrons. The van der Waals surface area contributed by atoms with Crippen LogP contribution in [0.15, 0.2) is 30.3 Å². The van der Waals surface area contributed by atoms with E-state index in [4.69, 9.17) is 10.5 Å². The highest BCUT2D eigenvalue weighted by Gasteiger charge is 2.21. The Morgan fingerprint density at radius 1 is 1.27 bits per heavy atom. The van der Waals surface area contributed by atoms with E-state index in [9.17, 15) is 4.79 Å². The van der Waals surface area contributed by atoms with E-state index in [0.29, 0.717) is 19.8 Å². The summed E-state index contributed by atoms with van der Waals surface area (Å²) >= 11 is 0. The topological polar surface area (TPSA) is 67.6 Å². The van der Waals surface area contributed by atoms with Crippen LogP contribution in [0.25, 0.3) is 0 Å². The molecule has 0 aromatic heterocycles. The molecule has 5 nitrogen and oxygen atoms in total. The summed E-state index contributed by atoms with van der Waals surface area (Å²) in [5.41, 5.74) is 7.10. The molecule has 0 aliphatic heterocycles. The average molecular weight is 330 g/mol. The number of hydrogen-bond donors (Lipinski definition) is 2. The first kappa shape index (κ1) is 20.9.